The first-order valence-electron chi connectivity index (χ1n) is 8.21. The summed E-state index contributed by atoms with van der Waals surface area (Å²) in [6.45, 7) is 0. The van der Waals surface area contributed by atoms with Gasteiger partial charge in [-0.1, -0.05) is 36.4 Å². The van der Waals surface area contributed by atoms with Crippen molar-refractivity contribution in [3.8, 4) is 34.1 Å². The molecule has 0 atom stereocenters. The Balaban J connectivity index is 1.45. The molecule has 0 unspecified atom stereocenters. The van der Waals surface area contributed by atoms with E-state index >= 15 is 0 Å². The average Bonchev–Trinajstić information content (AvgIpc) is 2.71. The average molecular weight is 334 g/mol. The number of benzene rings is 4. The minimum atomic E-state index is 0.618. The first kappa shape index (κ1) is 16.0. The monoisotopic (exact) mass is 334 g/mol. The summed E-state index contributed by atoms with van der Waals surface area (Å²) < 4.78 is 11.5. The van der Waals surface area contributed by atoms with Crippen molar-refractivity contribution in [3.63, 3.8) is 0 Å². The van der Waals surface area contributed by atoms with Crippen molar-refractivity contribution in [1.82, 2.24) is 0 Å². The molecular weight excluding hydrogens is 320 g/mol. The third-order valence-corrected chi connectivity index (χ3v) is 3.68. The van der Waals surface area contributed by atoms with Crippen LogP contribution in [0.25, 0.3) is 11.1 Å². The molecule has 0 saturated carbocycles. The highest BCUT2D eigenvalue weighted by molar-refractivity contribution is 5.63. The lowest BCUT2D eigenvalue weighted by molar-refractivity contribution is 0.481. The Kier molecular flexibility index (Phi) is 4.66. The Hall–Kier alpha value is -3.52. The maximum atomic E-state index is 5.73. The molecule has 26 heavy (non-hydrogen) atoms. The Bertz CT molecular complexity index is 861. The van der Waals surface area contributed by atoms with E-state index in [-0.39, 0.29) is 0 Å². The summed E-state index contributed by atoms with van der Waals surface area (Å²) >= 11 is 0. The van der Waals surface area contributed by atoms with Crippen LogP contribution >= 0.6 is 0 Å². The molecule has 0 aliphatic carbocycles. The van der Waals surface area contributed by atoms with Crippen molar-refractivity contribution in [2.24, 2.45) is 0 Å². The van der Waals surface area contributed by atoms with Crippen LogP contribution in [0.15, 0.2) is 84.9 Å². The summed E-state index contributed by atoms with van der Waals surface area (Å²) in [4.78, 5) is 0. The van der Waals surface area contributed by atoms with Gasteiger partial charge in [0.2, 0.25) is 0 Å². The van der Waals surface area contributed by atoms with Crippen LogP contribution in [0.3, 0.4) is 0 Å². The molecule has 4 aromatic carbocycles. The van der Waals surface area contributed by atoms with E-state index in [0.29, 0.717) is 11.5 Å². The summed E-state index contributed by atoms with van der Waals surface area (Å²) in [6, 6.07) is 39.0. The molecule has 4 radical (unpaired) electrons. The van der Waals surface area contributed by atoms with Gasteiger partial charge in [0.05, 0.1) is 0 Å². The smallest absolute Gasteiger partial charge is 0.136 e. The molecule has 2 nitrogen and oxygen atoms in total. The van der Waals surface area contributed by atoms with E-state index in [4.69, 9.17) is 9.47 Å². The summed E-state index contributed by atoms with van der Waals surface area (Å²) in [5.41, 5.74) is 1.74. The second kappa shape index (κ2) is 7.58. The quantitative estimate of drug-likeness (QED) is 0.436. The van der Waals surface area contributed by atoms with Crippen molar-refractivity contribution in [3.05, 3.63) is 109 Å². The van der Waals surface area contributed by atoms with Gasteiger partial charge in [-0.15, -0.1) is 0 Å². The zero-order valence-corrected chi connectivity index (χ0v) is 13.9. The van der Waals surface area contributed by atoms with Gasteiger partial charge in [-0.05, 0) is 59.7 Å². The standard InChI is InChI=1S/C24H14O2/c1-3-7-21(8-4-1)25-23-15-11-19(12-16-23)20-13-17-24(18-14-20)26-22-9-5-2-6-10-22/h1-11,13,15,17H. The Morgan fingerprint density at radius 1 is 0.423 bits per heavy atom. The van der Waals surface area contributed by atoms with Crippen LogP contribution in [0.1, 0.15) is 0 Å². The van der Waals surface area contributed by atoms with Crippen molar-refractivity contribution in [2.75, 3.05) is 0 Å². The molecule has 0 spiro atoms. The molecule has 0 bridgehead atoms. The van der Waals surface area contributed by atoms with E-state index in [0.717, 1.165) is 22.6 Å². The van der Waals surface area contributed by atoms with Gasteiger partial charge >= 0.3 is 0 Å². The zero-order valence-electron chi connectivity index (χ0n) is 13.9. The maximum absolute atomic E-state index is 5.73. The molecular formula is C24H14O2. The fourth-order valence-corrected chi connectivity index (χ4v) is 2.41. The van der Waals surface area contributed by atoms with E-state index in [1.807, 2.05) is 84.9 Å². The molecule has 0 saturated heterocycles. The fraction of sp³-hybridized carbons (Fsp3) is 0. The number of ether oxygens (including phenoxy) is 2. The predicted molar refractivity (Wildman–Crippen MR) is 100 cm³/mol. The SMILES string of the molecule is [c]1[c]c(-c2[c][c]c(Oc3ccccc3)cc2)ccc1Oc1ccccc1. The molecule has 0 amide bonds. The lowest BCUT2D eigenvalue weighted by Gasteiger charge is -2.07. The van der Waals surface area contributed by atoms with Gasteiger partial charge in [0.15, 0.2) is 0 Å². The fourth-order valence-electron chi connectivity index (χ4n) is 2.41. The summed E-state index contributed by atoms with van der Waals surface area (Å²) in [5, 5.41) is 0. The molecule has 0 N–H and O–H groups in total. The van der Waals surface area contributed by atoms with Crippen LogP contribution in [0.4, 0.5) is 0 Å². The van der Waals surface area contributed by atoms with E-state index < -0.39 is 0 Å². The molecule has 4 rings (SSSR count). The Morgan fingerprint density at radius 2 is 0.846 bits per heavy atom. The predicted octanol–water partition coefficient (Wildman–Crippen LogP) is 6.14. The van der Waals surface area contributed by atoms with Gasteiger partial charge in [-0.3, -0.25) is 0 Å². The largest absolute Gasteiger partial charge is 0.457 e. The van der Waals surface area contributed by atoms with E-state index in [1.54, 1.807) is 0 Å². The minimum Gasteiger partial charge on any atom is -0.457 e. The van der Waals surface area contributed by atoms with Crippen LogP contribution < -0.4 is 9.47 Å². The number of rotatable bonds is 5. The first-order chi connectivity index (χ1) is 12.9. The molecule has 0 aliphatic heterocycles. The van der Waals surface area contributed by atoms with Crippen molar-refractivity contribution >= 4 is 0 Å². The zero-order chi connectivity index (χ0) is 17.6. The van der Waals surface area contributed by atoms with Gasteiger partial charge in [-0.25, -0.2) is 0 Å². The first-order valence-corrected chi connectivity index (χ1v) is 8.21. The second-order valence-electron chi connectivity index (χ2n) is 5.55. The third kappa shape index (κ3) is 3.93. The van der Waals surface area contributed by atoms with Crippen LogP contribution in [0.2, 0.25) is 0 Å². The van der Waals surface area contributed by atoms with Crippen molar-refractivity contribution in [2.45, 2.75) is 0 Å². The summed E-state index contributed by atoms with van der Waals surface area (Å²) in [5.74, 6) is 2.78. The number of hydrogen-bond donors (Lipinski definition) is 0. The van der Waals surface area contributed by atoms with Gasteiger partial charge < -0.3 is 9.47 Å². The molecule has 122 valence electrons. The van der Waals surface area contributed by atoms with Gasteiger partial charge in [0, 0.05) is 24.3 Å². The van der Waals surface area contributed by atoms with Crippen molar-refractivity contribution < 1.29 is 9.47 Å². The van der Waals surface area contributed by atoms with Gasteiger partial charge in [0.25, 0.3) is 0 Å². The van der Waals surface area contributed by atoms with Crippen molar-refractivity contribution in [1.29, 1.82) is 0 Å². The molecule has 4 aromatic rings. The third-order valence-electron chi connectivity index (χ3n) is 3.68. The highest BCUT2D eigenvalue weighted by atomic mass is 16.5. The molecule has 0 heterocycles. The summed E-state index contributed by atoms with van der Waals surface area (Å²) in [7, 11) is 0. The van der Waals surface area contributed by atoms with Crippen LogP contribution in [0.5, 0.6) is 23.0 Å². The van der Waals surface area contributed by atoms with E-state index in [1.165, 1.54) is 0 Å². The minimum absolute atomic E-state index is 0.618. The highest BCUT2D eigenvalue weighted by Crippen LogP contribution is 2.27. The van der Waals surface area contributed by atoms with Gasteiger partial charge in [-0.2, -0.15) is 0 Å². The molecule has 0 aliphatic rings. The number of hydrogen-bond acceptors (Lipinski definition) is 2. The lowest BCUT2D eigenvalue weighted by Crippen LogP contribution is -1.86. The Labute approximate surface area is 153 Å². The molecule has 0 aromatic heterocycles. The lowest BCUT2D eigenvalue weighted by atomic mass is 10.1. The normalized spacial score (nSPS) is 10.3. The van der Waals surface area contributed by atoms with Crippen LogP contribution in [-0.2, 0) is 0 Å². The number of para-hydroxylation sites is 2. The topological polar surface area (TPSA) is 18.5 Å². The molecule has 2 heteroatoms. The van der Waals surface area contributed by atoms with E-state index in [9.17, 15) is 0 Å². The van der Waals surface area contributed by atoms with Crippen LogP contribution in [0, 0.1) is 24.3 Å². The van der Waals surface area contributed by atoms with E-state index in [2.05, 4.69) is 24.3 Å². The summed E-state index contributed by atoms with van der Waals surface area (Å²) in [6.07, 6.45) is 0. The van der Waals surface area contributed by atoms with Crippen LogP contribution in [-0.4, -0.2) is 0 Å². The maximum Gasteiger partial charge on any atom is 0.136 e. The van der Waals surface area contributed by atoms with Gasteiger partial charge in [0.1, 0.15) is 23.0 Å². The molecule has 0 fully saturated rings. The Morgan fingerprint density at radius 3 is 1.19 bits per heavy atom. The highest BCUT2D eigenvalue weighted by Gasteiger charge is 2.03. The second-order valence-corrected chi connectivity index (χ2v) is 5.55.